The Balaban J connectivity index is 1.85. The number of benzene rings is 3. The SMILES string of the molecule is CNC(=O)C(Cc1ccccc1)N(Cc1cccc(Cl)c1)C(=O)CCCN(c1ccc(F)c(F)c1)S(C)(=O)=O. The first-order valence-corrected chi connectivity index (χ1v) is 14.4. The molecule has 0 spiro atoms. The van der Waals surface area contributed by atoms with E-state index in [0.717, 1.165) is 39.9 Å². The number of nitrogens with one attached hydrogen (secondary N) is 1. The maximum Gasteiger partial charge on any atom is 0.242 e. The third kappa shape index (κ3) is 8.49. The molecule has 0 heterocycles. The summed E-state index contributed by atoms with van der Waals surface area (Å²) in [6.45, 7) is -0.0484. The van der Waals surface area contributed by atoms with Crippen LogP contribution in [0.25, 0.3) is 0 Å². The van der Waals surface area contributed by atoms with Crippen LogP contribution in [-0.2, 0) is 32.6 Å². The lowest BCUT2D eigenvalue weighted by atomic mass is 10.0. The van der Waals surface area contributed by atoms with E-state index in [1.807, 2.05) is 30.3 Å². The molecule has 7 nitrogen and oxygen atoms in total. The van der Waals surface area contributed by atoms with Gasteiger partial charge in [0.25, 0.3) is 0 Å². The van der Waals surface area contributed by atoms with Crippen LogP contribution < -0.4 is 9.62 Å². The van der Waals surface area contributed by atoms with Crippen molar-refractivity contribution in [3.05, 3.63) is 101 Å². The zero-order chi connectivity index (χ0) is 28.6. The third-order valence-electron chi connectivity index (χ3n) is 6.10. The van der Waals surface area contributed by atoms with Crippen molar-refractivity contribution < 1.29 is 26.8 Å². The van der Waals surface area contributed by atoms with E-state index < -0.39 is 27.7 Å². The van der Waals surface area contributed by atoms with Crippen LogP contribution in [-0.4, -0.2) is 51.0 Å². The first-order valence-electron chi connectivity index (χ1n) is 12.2. The second-order valence-corrected chi connectivity index (χ2v) is 11.4. The normalized spacial score (nSPS) is 12.0. The molecule has 0 bridgehead atoms. The van der Waals surface area contributed by atoms with Gasteiger partial charge in [0.2, 0.25) is 21.8 Å². The Kier molecular flexibility index (Phi) is 10.4. The molecule has 3 aromatic rings. The molecule has 0 saturated heterocycles. The number of likely N-dealkylation sites (N-methyl/N-ethyl adjacent to an activating group) is 1. The molecule has 0 radical (unpaired) electrons. The highest BCUT2D eigenvalue weighted by Crippen LogP contribution is 2.22. The van der Waals surface area contributed by atoms with Crippen LogP contribution in [0, 0.1) is 11.6 Å². The first kappa shape index (κ1) is 30.0. The van der Waals surface area contributed by atoms with E-state index >= 15 is 0 Å². The van der Waals surface area contributed by atoms with E-state index in [4.69, 9.17) is 11.6 Å². The Morgan fingerprint density at radius 3 is 2.26 bits per heavy atom. The molecule has 0 aliphatic carbocycles. The van der Waals surface area contributed by atoms with Gasteiger partial charge in [-0.05, 0) is 41.8 Å². The van der Waals surface area contributed by atoms with Crippen LogP contribution in [0.2, 0.25) is 5.02 Å². The van der Waals surface area contributed by atoms with Crippen molar-refractivity contribution in [2.24, 2.45) is 0 Å². The summed E-state index contributed by atoms with van der Waals surface area (Å²) in [5.41, 5.74) is 1.53. The van der Waals surface area contributed by atoms with Crippen molar-refractivity contribution in [2.45, 2.75) is 31.8 Å². The van der Waals surface area contributed by atoms with E-state index in [-0.39, 0.29) is 49.9 Å². The summed E-state index contributed by atoms with van der Waals surface area (Å²) < 4.78 is 52.9. The molecule has 0 aliphatic rings. The average molecular weight is 578 g/mol. The van der Waals surface area contributed by atoms with Crippen molar-refractivity contribution in [1.29, 1.82) is 0 Å². The van der Waals surface area contributed by atoms with Gasteiger partial charge in [0, 0.05) is 44.1 Å². The maximum atomic E-state index is 13.8. The molecule has 0 saturated carbocycles. The molecule has 3 rings (SSSR count). The summed E-state index contributed by atoms with van der Waals surface area (Å²) in [5.74, 6) is -3.01. The predicted octanol–water partition coefficient (Wildman–Crippen LogP) is 4.55. The van der Waals surface area contributed by atoms with Crippen molar-refractivity contribution >= 4 is 39.1 Å². The summed E-state index contributed by atoms with van der Waals surface area (Å²) in [5, 5.41) is 3.11. The van der Waals surface area contributed by atoms with Crippen molar-refractivity contribution in [3.63, 3.8) is 0 Å². The smallest absolute Gasteiger partial charge is 0.242 e. The Bertz CT molecular complexity index is 1410. The van der Waals surface area contributed by atoms with Crippen molar-refractivity contribution in [1.82, 2.24) is 10.2 Å². The van der Waals surface area contributed by atoms with Gasteiger partial charge >= 0.3 is 0 Å². The monoisotopic (exact) mass is 577 g/mol. The summed E-state index contributed by atoms with van der Waals surface area (Å²) in [6.07, 6.45) is 1.18. The molecular formula is C28H30ClF2N3O4S. The molecule has 11 heteroatoms. The van der Waals surface area contributed by atoms with Gasteiger partial charge in [-0.3, -0.25) is 13.9 Å². The Labute approximate surface area is 232 Å². The van der Waals surface area contributed by atoms with Crippen molar-refractivity contribution in [2.75, 3.05) is 24.2 Å². The highest BCUT2D eigenvalue weighted by molar-refractivity contribution is 7.92. The number of nitrogens with zero attached hydrogens (tertiary/aromatic N) is 2. The van der Waals surface area contributed by atoms with Gasteiger partial charge in [0.15, 0.2) is 11.6 Å². The molecule has 1 N–H and O–H groups in total. The minimum atomic E-state index is -3.85. The lowest BCUT2D eigenvalue weighted by Crippen LogP contribution is -2.49. The zero-order valence-electron chi connectivity index (χ0n) is 21.6. The number of rotatable bonds is 12. The van der Waals surface area contributed by atoms with Gasteiger partial charge in [-0.15, -0.1) is 0 Å². The minimum Gasteiger partial charge on any atom is -0.357 e. The van der Waals surface area contributed by atoms with Crippen LogP contribution in [0.1, 0.15) is 24.0 Å². The van der Waals surface area contributed by atoms with Crippen LogP contribution in [0.15, 0.2) is 72.8 Å². The average Bonchev–Trinajstić information content (AvgIpc) is 2.89. The maximum absolute atomic E-state index is 13.8. The Morgan fingerprint density at radius 2 is 1.64 bits per heavy atom. The van der Waals surface area contributed by atoms with E-state index in [2.05, 4.69) is 5.32 Å². The highest BCUT2D eigenvalue weighted by Gasteiger charge is 2.30. The fraction of sp³-hybridized carbons (Fsp3) is 0.286. The number of sulfonamides is 1. The van der Waals surface area contributed by atoms with Crippen LogP contribution in [0.5, 0.6) is 0 Å². The Hall–Kier alpha value is -3.50. The van der Waals surface area contributed by atoms with Crippen LogP contribution in [0.4, 0.5) is 14.5 Å². The number of hydrogen-bond acceptors (Lipinski definition) is 4. The fourth-order valence-corrected chi connectivity index (χ4v) is 5.37. The third-order valence-corrected chi connectivity index (χ3v) is 7.53. The number of halogens is 3. The molecule has 3 aromatic carbocycles. The number of carbonyl (C=O) groups is 2. The van der Waals surface area contributed by atoms with Crippen LogP contribution >= 0.6 is 11.6 Å². The minimum absolute atomic E-state index is 0.0491. The van der Waals surface area contributed by atoms with Crippen molar-refractivity contribution in [3.8, 4) is 0 Å². The van der Waals surface area contributed by atoms with Gasteiger partial charge in [-0.25, -0.2) is 17.2 Å². The summed E-state index contributed by atoms with van der Waals surface area (Å²) >= 11 is 6.15. The fourth-order valence-electron chi connectivity index (χ4n) is 4.20. The van der Waals surface area contributed by atoms with E-state index in [9.17, 15) is 26.8 Å². The number of anilines is 1. The van der Waals surface area contributed by atoms with Gasteiger partial charge in [-0.1, -0.05) is 54.1 Å². The van der Waals surface area contributed by atoms with Gasteiger partial charge in [-0.2, -0.15) is 0 Å². The lowest BCUT2D eigenvalue weighted by Gasteiger charge is -2.31. The summed E-state index contributed by atoms with van der Waals surface area (Å²) in [4.78, 5) is 28.0. The topological polar surface area (TPSA) is 86.8 Å². The molecule has 0 aliphatic heterocycles. The number of amides is 2. The second-order valence-electron chi connectivity index (χ2n) is 9.01. The molecular weight excluding hydrogens is 548 g/mol. The molecule has 0 aromatic heterocycles. The zero-order valence-corrected chi connectivity index (χ0v) is 23.2. The molecule has 208 valence electrons. The van der Waals surface area contributed by atoms with Gasteiger partial charge in [0.05, 0.1) is 11.9 Å². The lowest BCUT2D eigenvalue weighted by molar-refractivity contribution is -0.141. The number of carbonyl (C=O) groups excluding carboxylic acids is 2. The van der Waals surface area contributed by atoms with Gasteiger partial charge in [0.1, 0.15) is 6.04 Å². The quantitative estimate of drug-likeness (QED) is 0.342. The largest absolute Gasteiger partial charge is 0.357 e. The molecule has 1 unspecified atom stereocenters. The molecule has 0 fully saturated rings. The summed E-state index contributed by atoms with van der Waals surface area (Å²) in [6, 6.07) is 18.2. The predicted molar refractivity (Wildman–Crippen MR) is 148 cm³/mol. The van der Waals surface area contributed by atoms with E-state index in [1.54, 1.807) is 24.3 Å². The molecule has 1 atom stereocenters. The highest BCUT2D eigenvalue weighted by atomic mass is 35.5. The van der Waals surface area contributed by atoms with E-state index in [0.29, 0.717) is 5.02 Å². The molecule has 2 amide bonds. The van der Waals surface area contributed by atoms with Gasteiger partial charge < -0.3 is 10.2 Å². The van der Waals surface area contributed by atoms with Crippen LogP contribution in [0.3, 0.4) is 0 Å². The standard InChI is InChI=1S/C28H30ClF2N3O4S/c1-32-28(36)26(17-20-8-4-3-5-9-20)33(19-21-10-6-11-22(29)16-21)27(35)12-7-15-34(39(2,37)38)23-13-14-24(30)25(31)18-23/h3-6,8-11,13-14,16,18,26H,7,12,15,17,19H2,1-2H3,(H,32,36). The second kappa shape index (κ2) is 13.5. The van der Waals surface area contributed by atoms with E-state index in [1.165, 1.54) is 11.9 Å². The number of hydrogen-bond donors (Lipinski definition) is 1. The first-order chi connectivity index (χ1) is 18.5. The molecule has 39 heavy (non-hydrogen) atoms. The summed E-state index contributed by atoms with van der Waals surface area (Å²) in [7, 11) is -2.36. The Morgan fingerprint density at radius 1 is 0.949 bits per heavy atom.